The number of rotatable bonds is 5. The number of carbonyl (C=O) groups excluding carboxylic acids is 1. The van der Waals surface area contributed by atoms with Crippen LogP contribution in [0.4, 0.5) is 4.39 Å². The van der Waals surface area contributed by atoms with Crippen molar-refractivity contribution in [2.24, 2.45) is 5.73 Å². The Balaban J connectivity index is 1.59. The molecule has 4 nitrogen and oxygen atoms in total. The summed E-state index contributed by atoms with van der Waals surface area (Å²) in [4.78, 5) is 11.2. The molecule has 1 aliphatic heterocycles. The average molecular weight is 314 g/mol. The monoisotopic (exact) mass is 314 g/mol. The number of amides is 1. The number of primary amides is 1. The van der Waals surface area contributed by atoms with Crippen molar-refractivity contribution in [3.8, 4) is 5.75 Å². The first-order valence-electron chi connectivity index (χ1n) is 7.65. The molecule has 0 aliphatic carbocycles. The van der Waals surface area contributed by atoms with Gasteiger partial charge in [-0.25, -0.2) is 4.39 Å². The van der Waals surface area contributed by atoms with Crippen LogP contribution < -0.4 is 15.8 Å². The Morgan fingerprint density at radius 3 is 2.57 bits per heavy atom. The van der Waals surface area contributed by atoms with E-state index in [0.717, 1.165) is 18.4 Å². The number of halogens is 1. The van der Waals surface area contributed by atoms with Crippen LogP contribution in [0.5, 0.6) is 5.75 Å². The lowest BCUT2D eigenvalue weighted by atomic mass is 10.1. The second kappa shape index (κ2) is 6.79. The number of benzene rings is 2. The molecule has 0 aromatic heterocycles. The van der Waals surface area contributed by atoms with E-state index >= 15 is 0 Å². The zero-order chi connectivity index (χ0) is 16.2. The van der Waals surface area contributed by atoms with E-state index in [1.54, 1.807) is 18.2 Å². The molecular weight excluding hydrogens is 295 g/mol. The third-order valence-electron chi connectivity index (χ3n) is 4.12. The van der Waals surface area contributed by atoms with Crippen LogP contribution in [0.3, 0.4) is 0 Å². The van der Waals surface area contributed by atoms with Crippen LogP contribution in [-0.4, -0.2) is 11.9 Å². The lowest BCUT2D eigenvalue weighted by Crippen LogP contribution is -2.37. The highest BCUT2D eigenvalue weighted by Gasteiger charge is 2.28. The van der Waals surface area contributed by atoms with Gasteiger partial charge in [0.05, 0.1) is 6.04 Å². The molecule has 1 fully saturated rings. The smallest absolute Gasteiger partial charge is 0.234 e. The molecule has 0 saturated carbocycles. The van der Waals surface area contributed by atoms with E-state index in [-0.39, 0.29) is 30.4 Å². The number of hydrogen-bond acceptors (Lipinski definition) is 3. The predicted molar refractivity (Wildman–Crippen MR) is 85.3 cm³/mol. The molecule has 0 bridgehead atoms. The lowest BCUT2D eigenvalue weighted by Gasteiger charge is -2.13. The van der Waals surface area contributed by atoms with Crippen molar-refractivity contribution < 1.29 is 13.9 Å². The van der Waals surface area contributed by atoms with Gasteiger partial charge in [0, 0.05) is 11.6 Å². The van der Waals surface area contributed by atoms with Gasteiger partial charge in [-0.3, -0.25) is 10.1 Å². The van der Waals surface area contributed by atoms with Gasteiger partial charge in [-0.05, 0) is 36.6 Å². The van der Waals surface area contributed by atoms with Crippen molar-refractivity contribution >= 4 is 5.91 Å². The van der Waals surface area contributed by atoms with Crippen LogP contribution in [0.15, 0.2) is 48.5 Å². The summed E-state index contributed by atoms with van der Waals surface area (Å²) in [5, 5.41) is 3.23. The van der Waals surface area contributed by atoms with E-state index < -0.39 is 0 Å². The summed E-state index contributed by atoms with van der Waals surface area (Å²) in [5.74, 6) is 0.107. The molecule has 1 unspecified atom stereocenters. The van der Waals surface area contributed by atoms with E-state index in [2.05, 4.69) is 5.32 Å². The highest BCUT2D eigenvalue weighted by atomic mass is 19.1. The standard InChI is InChI=1S/C18H19FN2O2/c19-15-4-2-1-3-13(15)11-23-14-7-5-12(6-8-14)16-9-10-17(21-16)18(20)22/h1-8,16-17,21H,9-11H2,(H2,20,22)/t16?,17-/m0/s1. The summed E-state index contributed by atoms with van der Waals surface area (Å²) in [6.07, 6.45) is 1.63. The van der Waals surface area contributed by atoms with Crippen molar-refractivity contribution in [2.45, 2.75) is 31.5 Å². The van der Waals surface area contributed by atoms with Gasteiger partial charge in [0.15, 0.2) is 0 Å². The fourth-order valence-electron chi connectivity index (χ4n) is 2.80. The first-order valence-corrected chi connectivity index (χ1v) is 7.65. The summed E-state index contributed by atoms with van der Waals surface area (Å²) in [5.41, 5.74) is 6.93. The summed E-state index contributed by atoms with van der Waals surface area (Å²) in [6.45, 7) is 0.192. The first kappa shape index (κ1) is 15.5. The van der Waals surface area contributed by atoms with E-state index in [9.17, 15) is 9.18 Å². The van der Waals surface area contributed by atoms with Gasteiger partial charge in [-0.2, -0.15) is 0 Å². The Labute approximate surface area is 134 Å². The van der Waals surface area contributed by atoms with Crippen LogP contribution in [0.2, 0.25) is 0 Å². The Hall–Kier alpha value is -2.40. The van der Waals surface area contributed by atoms with Crippen molar-refractivity contribution in [3.63, 3.8) is 0 Å². The molecule has 2 aromatic rings. The van der Waals surface area contributed by atoms with E-state index in [1.165, 1.54) is 6.07 Å². The van der Waals surface area contributed by atoms with Gasteiger partial charge in [-0.15, -0.1) is 0 Å². The highest BCUT2D eigenvalue weighted by Crippen LogP contribution is 2.28. The van der Waals surface area contributed by atoms with E-state index in [1.807, 2.05) is 24.3 Å². The maximum Gasteiger partial charge on any atom is 0.234 e. The fourth-order valence-corrected chi connectivity index (χ4v) is 2.80. The van der Waals surface area contributed by atoms with Gasteiger partial charge < -0.3 is 10.5 Å². The number of nitrogens with two attached hydrogens (primary N) is 1. The van der Waals surface area contributed by atoms with Crippen LogP contribution in [0.25, 0.3) is 0 Å². The third kappa shape index (κ3) is 3.68. The topological polar surface area (TPSA) is 64.4 Å². The minimum absolute atomic E-state index is 0.133. The number of ether oxygens (including phenoxy) is 1. The van der Waals surface area contributed by atoms with Gasteiger partial charge in [0.2, 0.25) is 5.91 Å². The summed E-state index contributed by atoms with van der Waals surface area (Å²) >= 11 is 0. The SMILES string of the molecule is NC(=O)[C@@H]1CCC(c2ccc(OCc3ccccc3F)cc2)N1. The summed E-state index contributed by atoms with van der Waals surface area (Å²) < 4.78 is 19.2. The van der Waals surface area contributed by atoms with E-state index in [4.69, 9.17) is 10.5 Å². The Morgan fingerprint density at radius 1 is 1.17 bits per heavy atom. The van der Waals surface area contributed by atoms with Gasteiger partial charge in [0.25, 0.3) is 0 Å². The highest BCUT2D eigenvalue weighted by molar-refractivity contribution is 5.80. The van der Waals surface area contributed by atoms with Crippen LogP contribution in [0.1, 0.15) is 30.0 Å². The molecule has 5 heteroatoms. The molecule has 3 rings (SSSR count). The maximum absolute atomic E-state index is 13.5. The zero-order valence-electron chi connectivity index (χ0n) is 12.7. The van der Waals surface area contributed by atoms with E-state index in [0.29, 0.717) is 11.3 Å². The summed E-state index contributed by atoms with van der Waals surface area (Å²) in [7, 11) is 0. The fraction of sp³-hybridized carbons (Fsp3) is 0.278. The molecular formula is C18H19FN2O2. The minimum atomic E-state index is -0.308. The molecule has 0 radical (unpaired) electrons. The quantitative estimate of drug-likeness (QED) is 0.892. The Kier molecular flexibility index (Phi) is 4.57. The van der Waals surface area contributed by atoms with Gasteiger partial charge in [-0.1, -0.05) is 30.3 Å². The molecule has 23 heavy (non-hydrogen) atoms. The molecule has 2 atom stereocenters. The minimum Gasteiger partial charge on any atom is -0.489 e. The van der Waals surface area contributed by atoms with Crippen molar-refractivity contribution in [3.05, 3.63) is 65.5 Å². The van der Waals surface area contributed by atoms with Gasteiger partial charge in [0.1, 0.15) is 18.2 Å². The van der Waals surface area contributed by atoms with Crippen LogP contribution in [-0.2, 0) is 11.4 Å². The zero-order valence-corrected chi connectivity index (χ0v) is 12.7. The molecule has 120 valence electrons. The molecule has 3 N–H and O–H groups in total. The normalized spacial score (nSPS) is 20.4. The van der Waals surface area contributed by atoms with Crippen molar-refractivity contribution in [1.29, 1.82) is 0 Å². The first-order chi connectivity index (χ1) is 11.1. The second-order valence-electron chi connectivity index (χ2n) is 5.70. The molecule has 1 amide bonds. The van der Waals surface area contributed by atoms with Crippen molar-refractivity contribution in [1.82, 2.24) is 5.32 Å². The Bertz CT molecular complexity index is 688. The second-order valence-corrected chi connectivity index (χ2v) is 5.70. The van der Waals surface area contributed by atoms with Crippen LogP contribution >= 0.6 is 0 Å². The molecule has 1 heterocycles. The Morgan fingerprint density at radius 2 is 1.91 bits per heavy atom. The molecule has 0 spiro atoms. The number of hydrogen-bond donors (Lipinski definition) is 2. The summed E-state index contributed by atoms with van der Waals surface area (Å²) in [6, 6.07) is 14.1. The molecule has 2 aromatic carbocycles. The largest absolute Gasteiger partial charge is 0.489 e. The average Bonchev–Trinajstić information content (AvgIpc) is 3.05. The maximum atomic E-state index is 13.5. The van der Waals surface area contributed by atoms with Gasteiger partial charge >= 0.3 is 0 Å². The molecule has 1 saturated heterocycles. The molecule has 1 aliphatic rings. The van der Waals surface area contributed by atoms with Crippen molar-refractivity contribution in [2.75, 3.05) is 0 Å². The number of nitrogens with one attached hydrogen (secondary N) is 1. The number of carbonyl (C=O) groups is 1. The van der Waals surface area contributed by atoms with Crippen LogP contribution in [0, 0.1) is 5.82 Å². The lowest BCUT2D eigenvalue weighted by molar-refractivity contribution is -0.119. The third-order valence-corrected chi connectivity index (χ3v) is 4.12. The predicted octanol–water partition coefficient (Wildman–Crippen LogP) is 2.68.